The number of rotatable bonds is 4. The van der Waals surface area contributed by atoms with Gasteiger partial charge in [-0.2, -0.15) is 0 Å². The van der Waals surface area contributed by atoms with E-state index >= 15 is 0 Å². The van der Waals surface area contributed by atoms with Crippen molar-refractivity contribution in [3.8, 4) is 0 Å². The van der Waals surface area contributed by atoms with Crippen molar-refractivity contribution in [2.24, 2.45) is 0 Å². The third-order valence-electron chi connectivity index (χ3n) is 3.87. The lowest BCUT2D eigenvalue weighted by Crippen LogP contribution is -2.23. The van der Waals surface area contributed by atoms with Crippen LogP contribution in [0.15, 0.2) is 18.3 Å². The van der Waals surface area contributed by atoms with Crippen LogP contribution in [-0.2, 0) is 4.74 Å². The first kappa shape index (κ1) is 16.9. The van der Waals surface area contributed by atoms with Crippen molar-refractivity contribution in [2.75, 3.05) is 0 Å². The molecule has 0 aliphatic rings. The molecule has 0 saturated heterocycles. The van der Waals surface area contributed by atoms with Crippen LogP contribution in [0.5, 0.6) is 0 Å². The van der Waals surface area contributed by atoms with Gasteiger partial charge in [0.25, 0.3) is 0 Å². The van der Waals surface area contributed by atoms with Gasteiger partial charge in [-0.25, -0.2) is 4.98 Å². The van der Waals surface area contributed by atoms with Gasteiger partial charge in [-0.1, -0.05) is 0 Å². The predicted octanol–water partition coefficient (Wildman–Crippen LogP) is 3.09. The Kier molecular flexibility index (Phi) is 4.61. The molecule has 0 spiro atoms. The van der Waals surface area contributed by atoms with Gasteiger partial charge in [-0.05, 0) is 53.7 Å². The largest absolute Gasteiger partial charge is 0.391 e. The van der Waals surface area contributed by atoms with Gasteiger partial charge in [-0.3, -0.25) is 0 Å². The molecule has 2 rings (SSSR count). The molecule has 0 bridgehead atoms. The summed E-state index contributed by atoms with van der Waals surface area (Å²) in [5.74, 6) is 0. The minimum Gasteiger partial charge on any atom is -0.391 e. The molecule has 2 N–H and O–H groups in total. The van der Waals surface area contributed by atoms with E-state index in [1.54, 1.807) is 13.1 Å². The second-order valence-electron chi connectivity index (χ2n) is 6.81. The van der Waals surface area contributed by atoms with E-state index in [1.165, 1.54) is 0 Å². The van der Waals surface area contributed by atoms with Gasteiger partial charge in [0.15, 0.2) is 6.29 Å². The van der Waals surface area contributed by atoms with Gasteiger partial charge in [0.05, 0.1) is 17.7 Å². The quantitative estimate of drug-likeness (QED) is 0.852. The summed E-state index contributed by atoms with van der Waals surface area (Å²) in [4.78, 5) is 4.43. The van der Waals surface area contributed by atoms with E-state index in [0.29, 0.717) is 5.56 Å². The molecule has 0 saturated carbocycles. The van der Waals surface area contributed by atoms with Crippen LogP contribution in [0.3, 0.4) is 0 Å². The van der Waals surface area contributed by atoms with Crippen LogP contribution in [0, 0.1) is 6.92 Å². The summed E-state index contributed by atoms with van der Waals surface area (Å²) in [5, 5.41) is 21.3. The fraction of sp³-hybridized carbons (Fsp3) is 0.588. The molecule has 5 heteroatoms. The highest BCUT2D eigenvalue weighted by molar-refractivity contribution is 5.82. The molecule has 122 valence electrons. The lowest BCUT2D eigenvalue weighted by molar-refractivity contribution is -0.169. The first-order valence-corrected chi connectivity index (χ1v) is 7.63. The fourth-order valence-corrected chi connectivity index (χ4v) is 2.70. The van der Waals surface area contributed by atoms with Crippen LogP contribution in [0.4, 0.5) is 0 Å². The Labute approximate surface area is 131 Å². The van der Waals surface area contributed by atoms with Crippen molar-refractivity contribution in [2.45, 2.75) is 65.6 Å². The topological polar surface area (TPSA) is 67.5 Å². The van der Waals surface area contributed by atoms with Crippen molar-refractivity contribution in [3.05, 3.63) is 29.6 Å². The summed E-state index contributed by atoms with van der Waals surface area (Å²) < 4.78 is 7.68. The zero-order chi connectivity index (χ0) is 16.7. The highest BCUT2D eigenvalue weighted by atomic mass is 16.6. The molecule has 0 aromatic carbocycles. The maximum Gasteiger partial charge on any atom is 0.184 e. The number of pyridine rings is 1. The fourth-order valence-electron chi connectivity index (χ4n) is 2.70. The molecule has 2 aromatic heterocycles. The molecule has 2 aromatic rings. The van der Waals surface area contributed by atoms with Gasteiger partial charge < -0.3 is 19.5 Å². The second-order valence-corrected chi connectivity index (χ2v) is 6.81. The monoisotopic (exact) mass is 306 g/mol. The first-order valence-electron chi connectivity index (χ1n) is 7.63. The van der Waals surface area contributed by atoms with Crippen molar-refractivity contribution >= 4 is 11.0 Å². The van der Waals surface area contributed by atoms with Gasteiger partial charge in [0.2, 0.25) is 0 Å². The van der Waals surface area contributed by atoms with Crippen LogP contribution < -0.4 is 0 Å². The smallest absolute Gasteiger partial charge is 0.184 e. The molecular weight excluding hydrogens is 280 g/mol. The van der Waals surface area contributed by atoms with E-state index in [1.807, 2.05) is 51.3 Å². The number of fused-ring (bicyclic) bond motifs is 1. The maximum atomic E-state index is 10.5. The number of aliphatic hydroxyl groups excluding tert-OH is 2. The van der Waals surface area contributed by atoms with Crippen molar-refractivity contribution in [1.82, 2.24) is 9.55 Å². The van der Waals surface area contributed by atoms with Crippen molar-refractivity contribution in [1.29, 1.82) is 0 Å². The molecule has 0 fully saturated rings. The minimum atomic E-state index is -1.03. The van der Waals surface area contributed by atoms with E-state index in [9.17, 15) is 10.2 Å². The van der Waals surface area contributed by atoms with Crippen LogP contribution in [-0.4, -0.2) is 31.5 Å². The molecule has 2 heterocycles. The van der Waals surface area contributed by atoms with Crippen LogP contribution in [0.2, 0.25) is 0 Å². The SMILES string of the molecule is Cc1c(C(O)OC(C)(C)C)c2cccnc2n1C(C)C(C)O. The number of aliphatic hydroxyl groups is 2. The van der Waals surface area contributed by atoms with E-state index in [4.69, 9.17) is 4.74 Å². The molecular formula is C17H26N2O3. The average molecular weight is 306 g/mol. The standard InChI is InChI=1S/C17H26N2O3/c1-10(12(3)20)19-11(2)14(16(21)22-17(4,5)6)13-8-7-9-18-15(13)19/h7-10,12,16,20-21H,1-6H3. The van der Waals surface area contributed by atoms with E-state index < -0.39 is 18.0 Å². The van der Waals surface area contributed by atoms with Gasteiger partial charge in [0.1, 0.15) is 5.65 Å². The zero-order valence-electron chi connectivity index (χ0n) is 14.2. The number of aromatic nitrogens is 2. The minimum absolute atomic E-state index is 0.145. The summed E-state index contributed by atoms with van der Waals surface area (Å²) in [6, 6.07) is 3.62. The Balaban J connectivity index is 2.62. The average Bonchev–Trinajstić information content (AvgIpc) is 2.67. The highest BCUT2D eigenvalue weighted by Gasteiger charge is 2.27. The van der Waals surface area contributed by atoms with Gasteiger partial charge >= 0.3 is 0 Å². The summed E-state index contributed by atoms with van der Waals surface area (Å²) in [6.07, 6.45) is 0.160. The maximum absolute atomic E-state index is 10.5. The summed E-state index contributed by atoms with van der Waals surface area (Å²) in [6.45, 7) is 11.3. The first-order chi connectivity index (χ1) is 10.1. The third kappa shape index (κ3) is 3.16. The lowest BCUT2D eigenvalue weighted by Gasteiger charge is -2.25. The van der Waals surface area contributed by atoms with Crippen LogP contribution in [0.25, 0.3) is 11.0 Å². The summed E-state index contributed by atoms with van der Waals surface area (Å²) in [7, 11) is 0. The van der Waals surface area contributed by atoms with Gasteiger partial charge in [0, 0.05) is 22.8 Å². The molecule has 3 atom stereocenters. The van der Waals surface area contributed by atoms with E-state index in [-0.39, 0.29) is 6.04 Å². The molecule has 5 nitrogen and oxygen atoms in total. The number of hydrogen-bond donors (Lipinski definition) is 2. The predicted molar refractivity (Wildman–Crippen MR) is 86.7 cm³/mol. The highest BCUT2D eigenvalue weighted by Crippen LogP contribution is 2.34. The van der Waals surface area contributed by atoms with Gasteiger partial charge in [-0.15, -0.1) is 0 Å². The molecule has 22 heavy (non-hydrogen) atoms. The number of ether oxygens (including phenoxy) is 1. The van der Waals surface area contributed by atoms with Crippen molar-refractivity contribution in [3.63, 3.8) is 0 Å². The Hall–Kier alpha value is -1.43. The Morgan fingerprint density at radius 1 is 1.23 bits per heavy atom. The van der Waals surface area contributed by atoms with Crippen molar-refractivity contribution < 1.29 is 14.9 Å². The Bertz CT molecular complexity index is 656. The Morgan fingerprint density at radius 2 is 1.86 bits per heavy atom. The molecule has 0 aliphatic carbocycles. The molecule has 3 unspecified atom stereocenters. The van der Waals surface area contributed by atoms with E-state index in [0.717, 1.165) is 16.7 Å². The van der Waals surface area contributed by atoms with Crippen LogP contribution >= 0.6 is 0 Å². The molecule has 0 radical (unpaired) electrons. The third-order valence-corrected chi connectivity index (χ3v) is 3.87. The summed E-state index contributed by atoms with van der Waals surface area (Å²) in [5.41, 5.74) is 1.86. The number of nitrogens with zero attached hydrogens (tertiary/aromatic N) is 2. The van der Waals surface area contributed by atoms with Crippen LogP contribution in [0.1, 0.15) is 58.2 Å². The summed E-state index contributed by atoms with van der Waals surface area (Å²) >= 11 is 0. The Morgan fingerprint density at radius 3 is 2.41 bits per heavy atom. The normalized spacial score (nSPS) is 16.7. The van der Waals surface area contributed by atoms with E-state index in [2.05, 4.69) is 4.98 Å². The molecule has 0 aliphatic heterocycles. The lowest BCUT2D eigenvalue weighted by atomic mass is 10.1. The zero-order valence-corrected chi connectivity index (χ0v) is 14.2. The second kappa shape index (κ2) is 5.99. The number of hydrogen-bond acceptors (Lipinski definition) is 4. The molecule has 0 amide bonds.